The lowest BCUT2D eigenvalue weighted by molar-refractivity contribution is 0.102. The third-order valence-corrected chi connectivity index (χ3v) is 7.42. The summed E-state index contributed by atoms with van der Waals surface area (Å²) in [6.07, 6.45) is 7.37. The van der Waals surface area contributed by atoms with Crippen LogP contribution in [0.3, 0.4) is 0 Å². The summed E-state index contributed by atoms with van der Waals surface area (Å²) in [4.78, 5) is 20.7. The van der Waals surface area contributed by atoms with Gasteiger partial charge in [0.05, 0.1) is 17.9 Å². The van der Waals surface area contributed by atoms with Crippen molar-refractivity contribution in [2.45, 2.75) is 46.0 Å². The number of fused-ring (bicyclic) bond motifs is 1. The molecule has 4 rings (SSSR count). The lowest BCUT2D eigenvalue weighted by Crippen LogP contribution is -2.14. The van der Waals surface area contributed by atoms with Gasteiger partial charge in [0, 0.05) is 16.0 Å². The molecule has 1 aliphatic carbocycles. The smallest absolute Gasteiger partial charge is 0.259 e. The van der Waals surface area contributed by atoms with Gasteiger partial charge in [-0.1, -0.05) is 18.6 Å². The van der Waals surface area contributed by atoms with Gasteiger partial charge in [-0.05, 0) is 74.2 Å². The van der Waals surface area contributed by atoms with Gasteiger partial charge in [-0.2, -0.15) is 0 Å². The summed E-state index contributed by atoms with van der Waals surface area (Å²) in [5.74, 6) is 0.588. The molecule has 0 atom stereocenters. The quantitative estimate of drug-likeness (QED) is 0.340. The summed E-state index contributed by atoms with van der Waals surface area (Å²) >= 11 is 3.34. The molecule has 2 heterocycles. The highest BCUT2D eigenvalue weighted by atomic mass is 32.1. The van der Waals surface area contributed by atoms with Crippen LogP contribution in [0, 0.1) is 6.92 Å². The van der Waals surface area contributed by atoms with Gasteiger partial charge < -0.3 is 10.1 Å². The first-order valence-electron chi connectivity index (χ1n) is 10.4. The molecular formula is C24H26N2O2S2. The monoisotopic (exact) mass is 438 g/mol. The Hall–Kier alpha value is -2.44. The maximum atomic E-state index is 13.4. The number of para-hydroxylation sites is 2. The van der Waals surface area contributed by atoms with E-state index in [1.54, 1.807) is 22.7 Å². The average Bonchev–Trinajstić information content (AvgIpc) is 3.23. The second-order valence-electron chi connectivity index (χ2n) is 7.35. The van der Waals surface area contributed by atoms with Crippen molar-refractivity contribution in [2.75, 3.05) is 11.9 Å². The predicted molar refractivity (Wildman–Crippen MR) is 127 cm³/mol. The highest BCUT2D eigenvalue weighted by Gasteiger charge is 2.25. The number of hydrogen-bond donors (Lipinski definition) is 1. The molecule has 0 aliphatic heterocycles. The third-order valence-electron chi connectivity index (χ3n) is 5.27. The number of benzene rings is 1. The Morgan fingerprint density at radius 2 is 2.03 bits per heavy atom. The molecule has 3 aromatic rings. The summed E-state index contributed by atoms with van der Waals surface area (Å²) in [6, 6.07) is 9.67. The van der Waals surface area contributed by atoms with Gasteiger partial charge in [0.15, 0.2) is 0 Å². The number of carbonyl (C=O) groups excluding carboxylic acids is 1. The standard InChI is InChI=1S/C24H26N2O2S2/c1-3-28-19-11-8-7-10-18(19)26-23(27)22-17-9-5-4-6-12-20(17)30-24(22)25-15-21-16(2)13-14-29-21/h7-8,10-11,13-15H,3-6,9,12H2,1-2H3,(H,26,27)/b25-15+. The van der Waals surface area contributed by atoms with Gasteiger partial charge >= 0.3 is 0 Å². The highest BCUT2D eigenvalue weighted by molar-refractivity contribution is 7.16. The summed E-state index contributed by atoms with van der Waals surface area (Å²) in [5, 5.41) is 5.96. The van der Waals surface area contributed by atoms with Crippen molar-refractivity contribution >= 4 is 45.5 Å². The highest BCUT2D eigenvalue weighted by Crippen LogP contribution is 2.40. The lowest BCUT2D eigenvalue weighted by Gasteiger charge is -2.12. The molecule has 0 bridgehead atoms. The van der Waals surface area contributed by atoms with Gasteiger partial charge in [0.2, 0.25) is 0 Å². The number of carbonyl (C=O) groups is 1. The van der Waals surface area contributed by atoms with E-state index >= 15 is 0 Å². The molecule has 0 unspecified atom stereocenters. The van der Waals surface area contributed by atoms with Gasteiger partial charge in [-0.15, -0.1) is 22.7 Å². The fourth-order valence-electron chi connectivity index (χ4n) is 3.72. The SMILES string of the molecule is CCOc1ccccc1NC(=O)c1c(/N=C/c2sccc2C)sc2c1CCCCC2. The first-order chi connectivity index (χ1) is 14.7. The largest absolute Gasteiger partial charge is 0.492 e. The van der Waals surface area contributed by atoms with E-state index in [-0.39, 0.29) is 5.91 Å². The van der Waals surface area contributed by atoms with Crippen LogP contribution in [0.4, 0.5) is 10.7 Å². The minimum Gasteiger partial charge on any atom is -0.492 e. The number of anilines is 1. The molecule has 0 radical (unpaired) electrons. The van der Waals surface area contributed by atoms with E-state index in [2.05, 4.69) is 23.7 Å². The van der Waals surface area contributed by atoms with Gasteiger partial charge in [0.25, 0.3) is 5.91 Å². The number of aryl methyl sites for hydroxylation is 2. The number of aliphatic imine (C=N–C) groups is 1. The van der Waals surface area contributed by atoms with Crippen molar-refractivity contribution < 1.29 is 9.53 Å². The number of amides is 1. The number of ether oxygens (including phenoxy) is 1. The Morgan fingerprint density at radius 3 is 2.83 bits per heavy atom. The van der Waals surface area contributed by atoms with Crippen LogP contribution in [0.2, 0.25) is 0 Å². The van der Waals surface area contributed by atoms with Crippen LogP contribution in [0.1, 0.15) is 57.4 Å². The van der Waals surface area contributed by atoms with Crippen LogP contribution in [0.25, 0.3) is 0 Å². The first-order valence-corrected chi connectivity index (χ1v) is 12.1. The molecule has 0 spiro atoms. The second kappa shape index (κ2) is 9.58. The molecule has 4 nitrogen and oxygen atoms in total. The van der Waals surface area contributed by atoms with Gasteiger partial charge in [-0.25, -0.2) is 4.99 Å². The second-order valence-corrected chi connectivity index (χ2v) is 9.39. The summed E-state index contributed by atoms with van der Waals surface area (Å²) in [5.41, 5.74) is 3.81. The molecule has 6 heteroatoms. The van der Waals surface area contributed by atoms with E-state index in [0.717, 1.165) is 34.7 Å². The molecule has 0 saturated heterocycles. The van der Waals surface area contributed by atoms with E-state index in [0.29, 0.717) is 18.0 Å². The van der Waals surface area contributed by atoms with Crippen molar-refractivity contribution in [3.8, 4) is 5.75 Å². The zero-order valence-corrected chi connectivity index (χ0v) is 19.0. The van der Waals surface area contributed by atoms with E-state index in [4.69, 9.17) is 9.73 Å². The van der Waals surface area contributed by atoms with Crippen LogP contribution in [-0.4, -0.2) is 18.7 Å². The Morgan fingerprint density at radius 1 is 1.20 bits per heavy atom. The van der Waals surface area contributed by atoms with Crippen molar-refractivity contribution in [3.63, 3.8) is 0 Å². The van der Waals surface area contributed by atoms with Crippen molar-refractivity contribution in [1.29, 1.82) is 0 Å². The third kappa shape index (κ3) is 4.50. The maximum absolute atomic E-state index is 13.4. The molecule has 156 valence electrons. The molecule has 1 N–H and O–H groups in total. The van der Waals surface area contributed by atoms with Crippen molar-refractivity contribution in [3.05, 3.63) is 62.2 Å². The van der Waals surface area contributed by atoms with Crippen LogP contribution < -0.4 is 10.1 Å². The number of hydrogen-bond acceptors (Lipinski definition) is 5. The fourth-order valence-corrected chi connectivity index (χ4v) is 5.74. The molecular weight excluding hydrogens is 412 g/mol. The van der Waals surface area contributed by atoms with E-state index < -0.39 is 0 Å². The van der Waals surface area contributed by atoms with Gasteiger partial charge in [0.1, 0.15) is 10.8 Å². The van der Waals surface area contributed by atoms with E-state index in [1.807, 2.05) is 37.4 Å². The summed E-state index contributed by atoms with van der Waals surface area (Å²) in [7, 11) is 0. The molecule has 2 aromatic heterocycles. The van der Waals surface area contributed by atoms with Crippen LogP contribution in [0.15, 0.2) is 40.7 Å². The zero-order chi connectivity index (χ0) is 20.9. The van der Waals surface area contributed by atoms with Crippen molar-refractivity contribution in [2.24, 2.45) is 4.99 Å². The lowest BCUT2D eigenvalue weighted by atomic mass is 10.0. The van der Waals surface area contributed by atoms with Crippen LogP contribution >= 0.6 is 22.7 Å². The minimum atomic E-state index is -0.100. The molecule has 1 aromatic carbocycles. The van der Waals surface area contributed by atoms with E-state index in [9.17, 15) is 4.79 Å². The summed E-state index contributed by atoms with van der Waals surface area (Å²) < 4.78 is 5.69. The number of rotatable bonds is 6. The van der Waals surface area contributed by atoms with Crippen LogP contribution in [0.5, 0.6) is 5.75 Å². The predicted octanol–water partition coefficient (Wildman–Crippen LogP) is 6.79. The Bertz CT molecular complexity index is 1070. The fraction of sp³-hybridized carbons (Fsp3) is 0.333. The topological polar surface area (TPSA) is 50.7 Å². The van der Waals surface area contributed by atoms with Crippen LogP contribution in [-0.2, 0) is 12.8 Å². The molecule has 1 aliphatic rings. The first kappa shape index (κ1) is 20.8. The Kier molecular flexibility index (Phi) is 6.65. The molecule has 30 heavy (non-hydrogen) atoms. The Balaban J connectivity index is 1.70. The number of thiophene rings is 2. The van der Waals surface area contributed by atoms with Gasteiger partial charge in [-0.3, -0.25) is 4.79 Å². The zero-order valence-electron chi connectivity index (χ0n) is 17.4. The number of nitrogens with one attached hydrogen (secondary N) is 1. The normalized spacial score (nSPS) is 13.8. The maximum Gasteiger partial charge on any atom is 0.259 e. The Labute approximate surface area is 185 Å². The van der Waals surface area contributed by atoms with E-state index in [1.165, 1.54) is 28.8 Å². The number of nitrogens with zero attached hydrogens (tertiary/aromatic N) is 1. The average molecular weight is 439 g/mol. The molecule has 0 saturated carbocycles. The molecule has 0 fully saturated rings. The minimum absolute atomic E-state index is 0.100. The van der Waals surface area contributed by atoms with Crippen molar-refractivity contribution in [1.82, 2.24) is 0 Å². The summed E-state index contributed by atoms with van der Waals surface area (Å²) in [6.45, 7) is 4.58. The molecule has 1 amide bonds.